The van der Waals surface area contributed by atoms with Crippen LogP contribution in [0.15, 0.2) is 24.3 Å². The highest BCUT2D eigenvalue weighted by molar-refractivity contribution is 5.96. The van der Waals surface area contributed by atoms with E-state index in [4.69, 9.17) is 5.11 Å². The molecule has 0 unspecified atom stereocenters. The van der Waals surface area contributed by atoms with Gasteiger partial charge >= 0.3 is 5.97 Å². The van der Waals surface area contributed by atoms with E-state index in [1.165, 1.54) is 5.56 Å². The van der Waals surface area contributed by atoms with Gasteiger partial charge < -0.3 is 10.0 Å². The molecule has 0 aliphatic carbocycles. The molecule has 0 spiro atoms. The second-order valence-electron chi connectivity index (χ2n) is 6.19. The molecule has 1 aromatic carbocycles. The molecule has 0 bridgehead atoms. The van der Waals surface area contributed by atoms with E-state index in [9.17, 15) is 9.59 Å². The van der Waals surface area contributed by atoms with Crippen LogP contribution in [0.1, 0.15) is 24.8 Å². The number of aryl methyl sites for hydroxylation is 1. The summed E-state index contributed by atoms with van der Waals surface area (Å²) in [6, 6.07) is 8.06. The number of carbonyl (C=O) groups is 2. The lowest BCUT2D eigenvalue weighted by molar-refractivity contribution is -0.144. The topological polar surface area (TPSA) is 60.9 Å². The van der Waals surface area contributed by atoms with Crippen molar-refractivity contribution in [3.63, 3.8) is 0 Å². The number of aliphatic carboxylic acids is 1. The van der Waals surface area contributed by atoms with Crippen LogP contribution in [-0.2, 0) is 16.0 Å². The molecule has 1 saturated heterocycles. The first-order chi connectivity index (χ1) is 10.6. The molecule has 2 aliphatic heterocycles. The highest BCUT2D eigenvalue weighted by Gasteiger charge is 2.29. The van der Waals surface area contributed by atoms with Crippen LogP contribution in [0.2, 0.25) is 0 Å². The summed E-state index contributed by atoms with van der Waals surface area (Å²) in [5.41, 5.74) is 2.25. The minimum atomic E-state index is -0.750. The largest absolute Gasteiger partial charge is 0.481 e. The van der Waals surface area contributed by atoms with Gasteiger partial charge in [0.05, 0.1) is 12.5 Å². The van der Waals surface area contributed by atoms with Gasteiger partial charge in [0.1, 0.15) is 0 Å². The molecule has 22 heavy (non-hydrogen) atoms. The number of para-hydroxylation sites is 1. The van der Waals surface area contributed by atoms with Gasteiger partial charge in [0.25, 0.3) is 0 Å². The molecule has 5 heteroatoms. The Morgan fingerprint density at radius 2 is 2.00 bits per heavy atom. The molecule has 118 valence electrons. The Bertz CT molecular complexity index is 573. The smallest absolute Gasteiger partial charge is 0.307 e. The first-order valence-corrected chi connectivity index (χ1v) is 7.98. The Kier molecular flexibility index (Phi) is 4.43. The fourth-order valence-corrected chi connectivity index (χ4v) is 3.47. The number of piperidine rings is 1. The van der Waals surface area contributed by atoms with Gasteiger partial charge in [-0.15, -0.1) is 0 Å². The van der Waals surface area contributed by atoms with Crippen molar-refractivity contribution < 1.29 is 14.7 Å². The first kappa shape index (κ1) is 15.0. The fourth-order valence-electron chi connectivity index (χ4n) is 3.47. The molecule has 3 rings (SSSR count). The van der Waals surface area contributed by atoms with E-state index in [0.29, 0.717) is 19.5 Å². The van der Waals surface area contributed by atoms with Crippen molar-refractivity contribution in [2.75, 3.05) is 31.1 Å². The number of nitrogens with zero attached hydrogens (tertiary/aromatic N) is 2. The number of fused-ring (bicyclic) bond motifs is 1. The summed E-state index contributed by atoms with van der Waals surface area (Å²) < 4.78 is 0. The summed E-state index contributed by atoms with van der Waals surface area (Å²) in [5.74, 6) is -1.01. The number of carbonyl (C=O) groups excluding carboxylic acids is 1. The van der Waals surface area contributed by atoms with Crippen LogP contribution in [0.3, 0.4) is 0 Å². The second-order valence-corrected chi connectivity index (χ2v) is 6.19. The zero-order valence-corrected chi connectivity index (χ0v) is 12.7. The number of carboxylic acids is 1. The van der Waals surface area contributed by atoms with Crippen molar-refractivity contribution in [3.8, 4) is 0 Å². The van der Waals surface area contributed by atoms with Crippen LogP contribution >= 0.6 is 0 Å². The predicted octanol–water partition coefficient (Wildman–Crippen LogP) is 1.76. The number of carboxylic acid groups (broad SMARTS) is 1. The van der Waals surface area contributed by atoms with Gasteiger partial charge in [0.15, 0.2) is 0 Å². The van der Waals surface area contributed by atoms with Crippen LogP contribution in [0.5, 0.6) is 0 Å². The zero-order chi connectivity index (χ0) is 15.5. The van der Waals surface area contributed by atoms with Crippen LogP contribution in [0.4, 0.5) is 5.69 Å². The summed E-state index contributed by atoms with van der Waals surface area (Å²) in [5, 5.41) is 9.15. The second kappa shape index (κ2) is 6.48. The number of rotatable bonds is 3. The molecule has 2 aliphatic rings. The Morgan fingerprint density at radius 3 is 2.82 bits per heavy atom. The maximum absolute atomic E-state index is 12.6. The van der Waals surface area contributed by atoms with E-state index in [1.54, 1.807) is 0 Å². The molecule has 1 fully saturated rings. The zero-order valence-electron chi connectivity index (χ0n) is 12.7. The van der Waals surface area contributed by atoms with E-state index < -0.39 is 5.97 Å². The molecular formula is C17H22N2O3. The number of hydrogen-bond acceptors (Lipinski definition) is 3. The number of benzene rings is 1. The van der Waals surface area contributed by atoms with Crippen molar-refractivity contribution in [2.24, 2.45) is 5.92 Å². The third kappa shape index (κ3) is 3.14. The molecule has 0 aromatic heterocycles. The Hall–Kier alpha value is -1.88. The number of hydrogen-bond donors (Lipinski definition) is 1. The molecule has 5 nitrogen and oxygen atoms in total. The number of likely N-dealkylation sites (tertiary alicyclic amines) is 1. The molecular weight excluding hydrogens is 280 g/mol. The average Bonchev–Trinajstić information content (AvgIpc) is 2.54. The Balaban J connectivity index is 1.67. The van der Waals surface area contributed by atoms with Gasteiger partial charge in [-0.1, -0.05) is 18.2 Å². The third-order valence-electron chi connectivity index (χ3n) is 4.62. The molecule has 1 aromatic rings. The van der Waals surface area contributed by atoms with Crippen LogP contribution in [0, 0.1) is 5.92 Å². The Labute approximate surface area is 130 Å². The van der Waals surface area contributed by atoms with Crippen LogP contribution < -0.4 is 4.90 Å². The van der Waals surface area contributed by atoms with Gasteiger partial charge in [-0.25, -0.2) is 0 Å². The van der Waals surface area contributed by atoms with E-state index >= 15 is 0 Å². The van der Waals surface area contributed by atoms with E-state index in [0.717, 1.165) is 38.0 Å². The normalized spacial score (nSPS) is 22.2. The lowest BCUT2D eigenvalue weighted by Gasteiger charge is -2.34. The standard InChI is InChI=1S/C17H22N2O3/c20-16(12-18-9-3-7-14(11-18)17(21)22)19-10-4-6-13-5-1-2-8-15(13)19/h1-2,5,8,14H,3-4,6-7,9-12H2,(H,21,22)/t14-/m0/s1. The average molecular weight is 302 g/mol. The minimum absolute atomic E-state index is 0.0817. The Morgan fingerprint density at radius 1 is 1.18 bits per heavy atom. The number of amides is 1. The highest BCUT2D eigenvalue weighted by Crippen LogP contribution is 2.27. The van der Waals surface area contributed by atoms with Crippen molar-refractivity contribution in [1.29, 1.82) is 0 Å². The summed E-state index contributed by atoms with van der Waals surface area (Å²) in [7, 11) is 0. The first-order valence-electron chi connectivity index (χ1n) is 7.98. The quantitative estimate of drug-likeness (QED) is 0.924. The maximum Gasteiger partial charge on any atom is 0.307 e. The maximum atomic E-state index is 12.6. The van der Waals surface area contributed by atoms with Crippen LogP contribution in [-0.4, -0.2) is 48.1 Å². The molecule has 2 heterocycles. The van der Waals surface area contributed by atoms with Gasteiger partial charge in [-0.2, -0.15) is 0 Å². The van der Waals surface area contributed by atoms with E-state index in [1.807, 2.05) is 28.0 Å². The van der Waals surface area contributed by atoms with E-state index in [2.05, 4.69) is 6.07 Å². The van der Waals surface area contributed by atoms with Gasteiger partial charge in [0, 0.05) is 18.8 Å². The van der Waals surface area contributed by atoms with Crippen molar-refractivity contribution in [1.82, 2.24) is 4.90 Å². The molecule has 1 N–H and O–H groups in total. The summed E-state index contributed by atoms with van der Waals surface area (Å²) in [4.78, 5) is 27.6. The third-order valence-corrected chi connectivity index (χ3v) is 4.62. The lowest BCUT2D eigenvalue weighted by atomic mass is 9.98. The molecule has 1 atom stereocenters. The van der Waals surface area contributed by atoms with Crippen molar-refractivity contribution in [3.05, 3.63) is 29.8 Å². The van der Waals surface area contributed by atoms with Crippen molar-refractivity contribution in [2.45, 2.75) is 25.7 Å². The van der Waals surface area contributed by atoms with E-state index in [-0.39, 0.29) is 11.8 Å². The van der Waals surface area contributed by atoms with Crippen molar-refractivity contribution >= 4 is 17.6 Å². The molecule has 0 radical (unpaired) electrons. The predicted molar refractivity (Wildman–Crippen MR) is 83.9 cm³/mol. The molecule has 1 amide bonds. The minimum Gasteiger partial charge on any atom is -0.481 e. The van der Waals surface area contributed by atoms with Gasteiger partial charge in [-0.3, -0.25) is 14.5 Å². The van der Waals surface area contributed by atoms with Gasteiger partial charge in [0.2, 0.25) is 5.91 Å². The van der Waals surface area contributed by atoms with Crippen LogP contribution in [0.25, 0.3) is 0 Å². The highest BCUT2D eigenvalue weighted by atomic mass is 16.4. The van der Waals surface area contributed by atoms with Gasteiger partial charge in [-0.05, 0) is 43.9 Å². The summed E-state index contributed by atoms with van der Waals surface area (Å²) in [6.45, 7) is 2.37. The monoisotopic (exact) mass is 302 g/mol. The number of anilines is 1. The summed E-state index contributed by atoms with van der Waals surface area (Å²) >= 11 is 0. The lowest BCUT2D eigenvalue weighted by Crippen LogP contribution is -2.46. The SMILES string of the molecule is O=C(O)[C@H]1CCCN(CC(=O)N2CCCc3ccccc32)C1. The molecule has 0 saturated carbocycles. The summed E-state index contributed by atoms with van der Waals surface area (Å²) in [6.07, 6.45) is 3.57. The fraction of sp³-hybridized carbons (Fsp3) is 0.529.